The van der Waals surface area contributed by atoms with Crippen molar-refractivity contribution in [2.75, 3.05) is 31.5 Å². The van der Waals surface area contributed by atoms with Crippen molar-refractivity contribution in [3.05, 3.63) is 23.2 Å². The first-order chi connectivity index (χ1) is 14.4. The molecule has 8 heteroatoms. The second-order valence-electron chi connectivity index (χ2n) is 8.02. The Bertz CT molecular complexity index is 885. The van der Waals surface area contributed by atoms with Gasteiger partial charge in [0.25, 0.3) is 0 Å². The minimum atomic E-state index is -3.57. The highest BCUT2D eigenvalue weighted by Crippen LogP contribution is 2.29. The largest absolute Gasteiger partial charge is 0.325 e. The topological polar surface area (TPSA) is 69.7 Å². The van der Waals surface area contributed by atoms with Crippen molar-refractivity contribution < 1.29 is 13.2 Å². The smallest absolute Gasteiger partial charge is 0.243 e. The Kier molecular flexibility index (Phi) is 8.18. The van der Waals surface area contributed by atoms with Crippen molar-refractivity contribution in [3.8, 4) is 12.3 Å². The molecule has 1 aromatic rings. The number of nitrogens with zero attached hydrogens (tertiary/aromatic N) is 2. The van der Waals surface area contributed by atoms with Gasteiger partial charge in [-0.05, 0) is 43.9 Å². The van der Waals surface area contributed by atoms with E-state index in [1.54, 1.807) is 0 Å². The third-order valence-electron chi connectivity index (χ3n) is 5.93. The number of rotatable bonds is 8. The summed E-state index contributed by atoms with van der Waals surface area (Å²) in [7, 11) is -3.57. The third kappa shape index (κ3) is 5.76. The zero-order valence-electron chi connectivity index (χ0n) is 17.3. The van der Waals surface area contributed by atoms with Crippen LogP contribution in [0.2, 0.25) is 5.02 Å². The van der Waals surface area contributed by atoms with Crippen LogP contribution < -0.4 is 5.32 Å². The van der Waals surface area contributed by atoms with Gasteiger partial charge in [-0.3, -0.25) is 9.69 Å². The zero-order chi connectivity index (χ0) is 21.6. The quantitative estimate of drug-likeness (QED) is 0.611. The molecule has 0 radical (unpaired) electrons. The summed E-state index contributed by atoms with van der Waals surface area (Å²) in [5, 5.41) is 3.10. The van der Waals surface area contributed by atoms with E-state index in [9.17, 15) is 13.2 Å². The summed E-state index contributed by atoms with van der Waals surface area (Å²) in [6.07, 6.45) is 13.4. The number of benzene rings is 1. The third-order valence-corrected chi connectivity index (χ3v) is 8.15. The molecule has 1 N–H and O–H groups in total. The Morgan fingerprint density at radius 1 is 1.20 bits per heavy atom. The normalized spacial score (nSPS) is 18.4. The van der Waals surface area contributed by atoms with Crippen LogP contribution in [0.1, 0.15) is 51.4 Å². The SMILES string of the molecule is C#CCN(CCC(=O)Nc1cc(S(=O)(=O)N2CCCC2)ccc1Cl)C1CCCCC1. The van der Waals surface area contributed by atoms with Crippen LogP contribution in [-0.4, -0.2) is 55.8 Å². The van der Waals surface area contributed by atoms with Crippen LogP contribution in [0.3, 0.4) is 0 Å². The number of anilines is 1. The van der Waals surface area contributed by atoms with Crippen LogP contribution in [0.25, 0.3) is 0 Å². The van der Waals surface area contributed by atoms with E-state index in [2.05, 4.69) is 16.1 Å². The molecule has 1 aliphatic heterocycles. The lowest BCUT2D eigenvalue weighted by atomic mass is 9.94. The number of hydrogen-bond donors (Lipinski definition) is 1. The fourth-order valence-electron chi connectivity index (χ4n) is 4.25. The molecule has 0 aromatic heterocycles. The molecule has 30 heavy (non-hydrogen) atoms. The Balaban J connectivity index is 1.63. The Labute approximate surface area is 185 Å². The molecule has 0 unspecified atom stereocenters. The highest BCUT2D eigenvalue weighted by molar-refractivity contribution is 7.89. The molecule has 0 spiro atoms. The van der Waals surface area contributed by atoms with Gasteiger partial charge in [0.2, 0.25) is 15.9 Å². The number of carbonyl (C=O) groups excluding carboxylic acids is 1. The van der Waals surface area contributed by atoms with Crippen molar-refractivity contribution in [3.63, 3.8) is 0 Å². The lowest BCUT2D eigenvalue weighted by Gasteiger charge is -2.32. The van der Waals surface area contributed by atoms with Gasteiger partial charge < -0.3 is 5.32 Å². The van der Waals surface area contributed by atoms with E-state index in [4.69, 9.17) is 18.0 Å². The van der Waals surface area contributed by atoms with Gasteiger partial charge in [-0.1, -0.05) is 36.8 Å². The van der Waals surface area contributed by atoms with E-state index in [1.807, 2.05) is 0 Å². The predicted molar refractivity (Wildman–Crippen MR) is 120 cm³/mol. The second-order valence-corrected chi connectivity index (χ2v) is 10.4. The first kappa shape index (κ1) is 23.1. The van der Waals surface area contributed by atoms with E-state index in [-0.39, 0.29) is 17.2 Å². The van der Waals surface area contributed by atoms with Gasteiger partial charge in [-0.15, -0.1) is 6.42 Å². The molecule has 1 saturated carbocycles. The molecule has 1 aliphatic carbocycles. The van der Waals surface area contributed by atoms with Gasteiger partial charge in [-0.2, -0.15) is 4.31 Å². The van der Waals surface area contributed by atoms with Gasteiger partial charge in [-0.25, -0.2) is 8.42 Å². The number of amides is 1. The van der Waals surface area contributed by atoms with E-state index in [0.29, 0.717) is 42.9 Å². The summed E-state index contributed by atoms with van der Waals surface area (Å²) in [6, 6.07) is 4.89. The summed E-state index contributed by atoms with van der Waals surface area (Å²) >= 11 is 6.22. The summed E-state index contributed by atoms with van der Waals surface area (Å²) in [5.41, 5.74) is 0.322. The fourth-order valence-corrected chi connectivity index (χ4v) is 5.96. The van der Waals surface area contributed by atoms with Crippen LogP contribution in [0.5, 0.6) is 0 Å². The summed E-state index contributed by atoms with van der Waals surface area (Å²) < 4.78 is 27.1. The van der Waals surface area contributed by atoms with Gasteiger partial charge in [0.05, 0.1) is 22.2 Å². The molecule has 1 aromatic carbocycles. The zero-order valence-corrected chi connectivity index (χ0v) is 18.8. The highest BCUT2D eigenvalue weighted by Gasteiger charge is 2.28. The van der Waals surface area contributed by atoms with E-state index < -0.39 is 10.0 Å². The van der Waals surface area contributed by atoms with E-state index >= 15 is 0 Å². The van der Waals surface area contributed by atoms with Gasteiger partial charge in [0.15, 0.2) is 0 Å². The molecule has 3 rings (SSSR count). The van der Waals surface area contributed by atoms with E-state index in [1.165, 1.54) is 41.8 Å². The monoisotopic (exact) mass is 451 g/mol. The van der Waals surface area contributed by atoms with Crippen LogP contribution >= 0.6 is 11.6 Å². The molecule has 164 valence electrons. The summed E-state index contributed by atoms with van der Waals surface area (Å²) in [5.74, 6) is 2.50. The average Bonchev–Trinajstić information content (AvgIpc) is 3.29. The van der Waals surface area contributed by atoms with Crippen molar-refractivity contribution in [1.82, 2.24) is 9.21 Å². The van der Waals surface area contributed by atoms with Crippen molar-refractivity contribution in [2.45, 2.75) is 62.3 Å². The van der Waals surface area contributed by atoms with Gasteiger partial charge in [0, 0.05) is 32.1 Å². The Morgan fingerprint density at radius 2 is 1.90 bits per heavy atom. The lowest BCUT2D eigenvalue weighted by molar-refractivity contribution is -0.116. The first-order valence-corrected chi connectivity index (χ1v) is 12.5. The molecule has 0 bridgehead atoms. The minimum Gasteiger partial charge on any atom is -0.325 e. The number of sulfonamides is 1. The number of terminal acetylenes is 1. The molecular formula is C22H30ClN3O3S. The Morgan fingerprint density at radius 3 is 2.57 bits per heavy atom. The fraction of sp³-hybridized carbons (Fsp3) is 0.591. The second kappa shape index (κ2) is 10.6. The number of halogens is 1. The number of hydrogen-bond acceptors (Lipinski definition) is 4. The van der Waals surface area contributed by atoms with Crippen LogP contribution in [0.4, 0.5) is 5.69 Å². The molecule has 1 heterocycles. The van der Waals surface area contributed by atoms with Crippen molar-refractivity contribution in [1.29, 1.82) is 0 Å². The maximum Gasteiger partial charge on any atom is 0.243 e. The maximum absolute atomic E-state index is 12.8. The van der Waals surface area contributed by atoms with Crippen LogP contribution in [0.15, 0.2) is 23.1 Å². The summed E-state index contributed by atoms with van der Waals surface area (Å²) in [4.78, 5) is 14.9. The first-order valence-electron chi connectivity index (χ1n) is 10.7. The maximum atomic E-state index is 12.8. The summed E-state index contributed by atoms with van der Waals surface area (Å²) in [6.45, 7) is 2.16. The van der Waals surface area contributed by atoms with E-state index in [0.717, 1.165) is 25.7 Å². The predicted octanol–water partition coefficient (Wildman–Crippen LogP) is 3.72. The average molecular weight is 452 g/mol. The molecule has 0 atom stereocenters. The standard InChI is InChI=1S/C22H30ClN3O3S/c1-2-13-25(18-8-4-3-5-9-18)16-12-22(27)24-21-17-19(10-11-20(21)23)30(28,29)26-14-6-7-15-26/h1,10-11,17-18H,3-9,12-16H2,(H,24,27). The lowest BCUT2D eigenvalue weighted by Crippen LogP contribution is -2.39. The molecule has 1 amide bonds. The van der Waals surface area contributed by atoms with Crippen molar-refractivity contribution in [2.24, 2.45) is 0 Å². The van der Waals surface area contributed by atoms with Gasteiger partial charge in [0.1, 0.15) is 0 Å². The molecule has 1 saturated heterocycles. The van der Waals surface area contributed by atoms with Crippen molar-refractivity contribution >= 4 is 33.2 Å². The highest BCUT2D eigenvalue weighted by atomic mass is 35.5. The number of nitrogens with one attached hydrogen (secondary N) is 1. The Hall–Kier alpha value is -1.59. The molecule has 2 aliphatic rings. The molecular weight excluding hydrogens is 422 g/mol. The molecule has 6 nitrogen and oxygen atoms in total. The van der Waals surface area contributed by atoms with Crippen LogP contribution in [0, 0.1) is 12.3 Å². The van der Waals surface area contributed by atoms with Gasteiger partial charge >= 0.3 is 0 Å². The van der Waals surface area contributed by atoms with Crippen LogP contribution in [-0.2, 0) is 14.8 Å². The number of carbonyl (C=O) groups is 1. The molecule has 2 fully saturated rings. The minimum absolute atomic E-state index is 0.153.